The van der Waals surface area contributed by atoms with Crippen molar-refractivity contribution in [2.24, 2.45) is 0 Å². The zero-order chi connectivity index (χ0) is 29.1. The van der Waals surface area contributed by atoms with Gasteiger partial charge < -0.3 is 15.3 Å². The molecular weight excluding hydrogens is 558 g/mol. The Hall–Kier alpha value is -4.01. The van der Waals surface area contributed by atoms with Crippen LogP contribution in [-0.4, -0.2) is 45.9 Å². The number of carbonyl (C=O) groups excluding carboxylic acids is 2. The molecule has 0 radical (unpaired) electrons. The summed E-state index contributed by atoms with van der Waals surface area (Å²) >= 11 is 7.96. The van der Waals surface area contributed by atoms with Gasteiger partial charge in [0.05, 0.1) is 26.0 Å². The first-order valence-corrected chi connectivity index (χ1v) is 14.7. The lowest BCUT2D eigenvalue weighted by atomic mass is 9.89. The van der Waals surface area contributed by atoms with Gasteiger partial charge >= 0.3 is 5.97 Å². The molecule has 3 aromatic carbocycles. The molecule has 1 aliphatic rings. The molecule has 7 nitrogen and oxygen atoms in total. The fraction of sp³-hybridized carbons (Fsp3) is 0.250. The van der Waals surface area contributed by atoms with E-state index in [0.717, 1.165) is 33.9 Å². The standard InChI is InChI=1S/C32H30ClN3O4S/c1-19(2)30-35-27(28(41-30)22-6-4-3-5-7-22)29(37)34-24-12-13-26(33)25(18-24)31(38)36-16-14-21(15-17-36)20-8-10-23(11-9-20)32(39)40/h3-13,18-19,21H,14-17H2,1-2H3,(H,34,37)(H,39,40). The van der Waals surface area contributed by atoms with Crippen molar-refractivity contribution >= 4 is 46.4 Å². The summed E-state index contributed by atoms with van der Waals surface area (Å²) in [5.74, 6) is -1.06. The number of hydrogen-bond donors (Lipinski definition) is 2. The van der Waals surface area contributed by atoms with Gasteiger partial charge in [0.15, 0.2) is 0 Å². The Labute approximate surface area is 247 Å². The van der Waals surface area contributed by atoms with Crippen LogP contribution in [-0.2, 0) is 0 Å². The van der Waals surface area contributed by atoms with E-state index in [4.69, 9.17) is 16.7 Å². The molecule has 0 atom stereocenters. The van der Waals surface area contributed by atoms with Crippen LogP contribution >= 0.6 is 22.9 Å². The molecule has 0 bridgehead atoms. The smallest absolute Gasteiger partial charge is 0.335 e. The second-order valence-corrected chi connectivity index (χ2v) is 11.8. The number of carbonyl (C=O) groups is 3. The van der Waals surface area contributed by atoms with Gasteiger partial charge in [-0.25, -0.2) is 9.78 Å². The number of likely N-dealkylation sites (tertiary alicyclic amines) is 1. The van der Waals surface area contributed by atoms with Gasteiger partial charge in [-0.2, -0.15) is 0 Å². The minimum Gasteiger partial charge on any atom is -0.478 e. The van der Waals surface area contributed by atoms with Crippen molar-refractivity contribution in [3.8, 4) is 10.4 Å². The average Bonchev–Trinajstić information content (AvgIpc) is 3.45. The molecule has 1 aliphatic heterocycles. The van der Waals surface area contributed by atoms with Crippen LogP contribution in [0.1, 0.15) is 80.3 Å². The molecule has 9 heteroatoms. The molecule has 5 rings (SSSR count). The first kappa shape index (κ1) is 28.5. The summed E-state index contributed by atoms with van der Waals surface area (Å²) in [4.78, 5) is 45.2. The number of thiazole rings is 1. The lowest BCUT2D eigenvalue weighted by Gasteiger charge is -2.32. The number of carboxylic acid groups (broad SMARTS) is 1. The maximum atomic E-state index is 13.5. The van der Waals surface area contributed by atoms with Crippen LogP contribution < -0.4 is 5.32 Å². The summed E-state index contributed by atoms with van der Waals surface area (Å²) < 4.78 is 0. The molecule has 210 valence electrons. The highest BCUT2D eigenvalue weighted by Gasteiger charge is 2.27. The number of carboxylic acids is 1. The second-order valence-electron chi connectivity index (χ2n) is 10.4. The Bertz CT molecular complexity index is 1580. The van der Waals surface area contributed by atoms with E-state index < -0.39 is 5.97 Å². The van der Waals surface area contributed by atoms with Crippen LogP contribution in [0.25, 0.3) is 10.4 Å². The van der Waals surface area contributed by atoms with E-state index in [1.165, 1.54) is 11.3 Å². The monoisotopic (exact) mass is 587 g/mol. The van der Waals surface area contributed by atoms with Crippen LogP contribution in [0.4, 0.5) is 5.69 Å². The molecule has 0 unspecified atom stereocenters. The molecule has 41 heavy (non-hydrogen) atoms. The van der Waals surface area contributed by atoms with Crippen molar-refractivity contribution in [2.45, 2.75) is 38.5 Å². The van der Waals surface area contributed by atoms with E-state index in [2.05, 4.69) is 10.3 Å². The van der Waals surface area contributed by atoms with Crippen molar-refractivity contribution < 1.29 is 19.5 Å². The molecule has 1 aromatic heterocycles. The summed E-state index contributed by atoms with van der Waals surface area (Å²) in [6.07, 6.45) is 1.52. The molecule has 0 spiro atoms. The molecular formula is C32H30ClN3O4S. The van der Waals surface area contributed by atoms with Crippen LogP contribution in [0.15, 0.2) is 72.8 Å². The predicted molar refractivity (Wildman–Crippen MR) is 162 cm³/mol. The Morgan fingerprint density at radius 1 is 1.00 bits per heavy atom. The Morgan fingerprint density at radius 2 is 1.68 bits per heavy atom. The van der Waals surface area contributed by atoms with Crippen molar-refractivity contribution in [2.75, 3.05) is 18.4 Å². The van der Waals surface area contributed by atoms with E-state index in [1.807, 2.05) is 56.3 Å². The lowest BCUT2D eigenvalue weighted by molar-refractivity contribution is 0.0691. The number of benzene rings is 3. The van der Waals surface area contributed by atoms with Gasteiger partial charge in [-0.15, -0.1) is 11.3 Å². The second kappa shape index (κ2) is 12.2. The number of rotatable bonds is 7. The highest BCUT2D eigenvalue weighted by atomic mass is 35.5. The first-order valence-electron chi connectivity index (χ1n) is 13.5. The van der Waals surface area contributed by atoms with E-state index >= 15 is 0 Å². The number of nitrogens with zero attached hydrogens (tertiary/aromatic N) is 2. The van der Waals surface area contributed by atoms with E-state index in [1.54, 1.807) is 35.2 Å². The van der Waals surface area contributed by atoms with Crippen LogP contribution in [0.5, 0.6) is 0 Å². The third kappa shape index (κ3) is 6.34. The summed E-state index contributed by atoms with van der Waals surface area (Å²) in [6, 6.07) is 21.6. The Kier molecular flexibility index (Phi) is 8.52. The van der Waals surface area contributed by atoms with Crippen molar-refractivity contribution in [3.05, 3.63) is 105 Å². The number of amides is 2. The largest absolute Gasteiger partial charge is 0.478 e. The van der Waals surface area contributed by atoms with E-state index in [0.29, 0.717) is 35.1 Å². The molecule has 2 amide bonds. The topological polar surface area (TPSA) is 99.6 Å². The number of piperidine rings is 1. The minimum atomic E-state index is -0.948. The van der Waals surface area contributed by atoms with Gasteiger partial charge in [0.2, 0.25) is 0 Å². The van der Waals surface area contributed by atoms with Gasteiger partial charge in [-0.05, 0) is 60.2 Å². The molecule has 4 aromatic rings. The molecule has 2 N–H and O–H groups in total. The predicted octanol–water partition coefficient (Wildman–Crippen LogP) is 7.56. The van der Waals surface area contributed by atoms with Crippen molar-refractivity contribution in [1.29, 1.82) is 0 Å². The number of hydrogen-bond acceptors (Lipinski definition) is 5. The van der Waals surface area contributed by atoms with Crippen LogP contribution in [0.2, 0.25) is 5.02 Å². The number of aromatic carboxylic acids is 1. The van der Waals surface area contributed by atoms with Crippen molar-refractivity contribution in [3.63, 3.8) is 0 Å². The molecule has 2 heterocycles. The number of halogens is 1. The summed E-state index contributed by atoms with van der Waals surface area (Å²) in [6.45, 7) is 5.19. The number of aromatic nitrogens is 1. The Morgan fingerprint density at radius 3 is 2.32 bits per heavy atom. The van der Waals surface area contributed by atoms with Gasteiger partial charge in [0, 0.05) is 24.7 Å². The van der Waals surface area contributed by atoms with Crippen LogP contribution in [0.3, 0.4) is 0 Å². The maximum absolute atomic E-state index is 13.5. The van der Waals surface area contributed by atoms with E-state index in [9.17, 15) is 14.4 Å². The van der Waals surface area contributed by atoms with Gasteiger partial charge in [0.1, 0.15) is 5.69 Å². The minimum absolute atomic E-state index is 0.178. The molecule has 0 saturated carbocycles. The quantitative estimate of drug-likeness (QED) is 0.232. The molecule has 1 fully saturated rings. The van der Waals surface area contributed by atoms with Crippen LogP contribution in [0, 0.1) is 0 Å². The van der Waals surface area contributed by atoms with Gasteiger partial charge in [-0.1, -0.05) is 67.9 Å². The highest BCUT2D eigenvalue weighted by molar-refractivity contribution is 7.15. The molecule has 0 aliphatic carbocycles. The third-order valence-corrected chi connectivity index (χ3v) is 8.99. The third-order valence-electron chi connectivity index (χ3n) is 7.25. The highest BCUT2D eigenvalue weighted by Crippen LogP contribution is 2.35. The van der Waals surface area contributed by atoms with Gasteiger partial charge in [-0.3, -0.25) is 9.59 Å². The number of anilines is 1. The summed E-state index contributed by atoms with van der Waals surface area (Å²) in [5.41, 5.74) is 3.41. The zero-order valence-corrected chi connectivity index (χ0v) is 24.3. The summed E-state index contributed by atoms with van der Waals surface area (Å²) in [7, 11) is 0. The lowest BCUT2D eigenvalue weighted by Crippen LogP contribution is -2.38. The van der Waals surface area contributed by atoms with Crippen molar-refractivity contribution in [1.82, 2.24) is 9.88 Å². The first-order chi connectivity index (χ1) is 19.7. The fourth-order valence-corrected chi connectivity index (χ4v) is 6.23. The molecule has 1 saturated heterocycles. The average molecular weight is 588 g/mol. The normalized spacial score (nSPS) is 13.8. The zero-order valence-electron chi connectivity index (χ0n) is 22.8. The summed E-state index contributed by atoms with van der Waals surface area (Å²) in [5, 5.41) is 13.3. The maximum Gasteiger partial charge on any atom is 0.335 e. The van der Waals surface area contributed by atoms with E-state index in [-0.39, 0.29) is 29.2 Å². The SMILES string of the molecule is CC(C)c1nc(C(=O)Nc2ccc(Cl)c(C(=O)N3CCC(c4ccc(C(=O)O)cc4)CC3)c2)c(-c2ccccc2)s1. The fourth-order valence-electron chi connectivity index (χ4n) is 4.96. The van der Waals surface area contributed by atoms with Gasteiger partial charge in [0.25, 0.3) is 11.8 Å². The number of nitrogens with one attached hydrogen (secondary N) is 1. The Balaban J connectivity index is 1.29.